The number of rotatable bonds is 6. The molecule has 0 atom stereocenters. The molecular weight excluding hydrogens is 398 g/mol. The average molecular weight is 422 g/mol. The van der Waals surface area contributed by atoms with Gasteiger partial charge in [-0.1, -0.05) is 0 Å². The Labute approximate surface area is 161 Å². The fourth-order valence-electron chi connectivity index (χ4n) is 3.44. The van der Waals surface area contributed by atoms with Crippen LogP contribution in [0.3, 0.4) is 0 Å². The van der Waals surface area contributed by atoms with Crippen molar-refractivity contribution >= 4 is 21.6 Å². The minimum atomic E-state index is -0.351. The highest BCUT2D eigenvalue weighted by Gasteiger charge is 2.23. The van der Waals surface area contributed by atoms with Crippen molar-refractivity contribution in [3.05, 3.63) is 68.2 Å². The molecule has 0 aliphatic carbocycles. The zero-order valence-corrected chi connectivity index (χ0v) is 16.4. The van der Waals surface area contributed by atoms with Gasteiger partial charge in [-0.25, -0.2) is 0 Å². The molecule has 2 aromatic carbocycles. The molecule has 0 amide bonds. The smallest absolute Gasteiger partial charge is 0.269 e. The topological polar surface area (TPSA) is 61.2 Å². The molecule has 1 aliphatic rings. The Morgan fingerprint density at radius 2 is 1.54 bits per heavy atom. The molecule has 0 aromatic heterocycles. The molecular formula is C19H24BrN3O3+2. The van der Waals surface area contributed by atoms with Gasteiger partial charge < -0.3 is 14.5 Å². The molecule has 138 valence electrons. The van der Waals surface area contributed by atoms with Crippen LogP contribution in [0, 0.1) is 10.1 Å². The van der Waals surface area contributed by atoms with Gasteiger partial charge in [0.05, 0.1) is 16.5 Å². The standard InChI is InChI=1S/C19H22BrN3O3/c1-26-19-7-4-16(12-18(19)20)14-22-10-8-21(9-11-22)13-15-2-5-17(6-3-15)23(24)25/h2-7,12H,8-11,13-14H2,1H3/p+2. The van der Waals surface area contributed by atoms with Gasteiger partial charge in [-0.05, 0) is 46.3 Å². The van der Waals surface area contributed by atoms with Crippen LogP contribution in [0.4, 0.5) is 5.69 Å². The summed E-state index contributed by atoms with van der Waals surface area (Å²) in [5.41, 5.74) is 2.63. The Morgan fingerprint density at radius 3 is 2.04 bits per heavy atom. The Hall–Kier alpha value is -1.96. The first kappa shape index (κ1) is 18.8. The van der Waals surface area contributed by atoms with Gasteiger partial charge in [-0.2, -0.15) is 0 Å². The van der Waals surface area contributed by atoms with E-state index in [0.29, 0.717) is 0 Å². The van der Waals surface area contributed by atoms with Gasteiger partial charge in [0.2, 0.25) is 0 Å². The number of hydrogen-bond donors (Lipinski definition) is 2. The van der Waals surface area contributed by atoms with E-state index in [1.807, 2.05) is 18.2 Å². The van der Waals surface area contributed by atoms with E-state index in [-0.39, 0.29) is 10.6 Å². The van der Waals surface area contributed by atoms with Crippen LogP contribution < -0.4 is 14.5 Å². The molecule has 1 heterocycles. The predicted octanol–water partition coefficient (Wildman–Crippen LogP) is 0.850. The van der Waals surface area contributed by atoms with Gasteiger partial charge in [-0.15, -0.1) is 0 Å². The largest absolute Gasteiger partial charge is 0.496 e. The lowest BCUT2D eigenvalue weighted by Gasteiger charge is -2.29. The van der Waals surface area contributed by atoms with Crippen LogP contribution in [-0.4, -0.2) is 38.2 Å². The van der Waals surface area contributed by atoms with Crippen LogP contribution in [0.5, 0.6) is 5.75 Å². The second-order valence-electron chi connectivity index (χ2n) is 6.75. The average Bonchev–Trinajstić information content (AvgIpc) is 2.64. The zero-order chi connectivity index (χ0) is 18.5. The quantitative estimate of drug-likeness (QED) is 0.536. The minimum absolute atomic E-state index is 0.156. The summed E-state index contributed by atoms with van der Waals surface area (Å²) in [7, 11) is 1.68. The second kappa shape index (κ2) is 8.62. The highest BCUT2D eigenvalue weighted by Crippen LogP contribution is 2.25. The summed E-state index contributed by atoms with van der Waals surface area (Å²) < 4.78 is 6.29. The van der Waals surface area contributed by atoms with Gasteiger partial charge in [0, 0.05) is 23.3 Å². The molecule has 1 aliphatic heterocycles. The summed E-state index contributed by atoms with van der Waals surface area (Å²) in [6.45, 7) is 6.44. The molecule has 7 heteroatoms. The maximum atomic E-state index is 10.7. The molecule has 0 unspecified atom stereocenters. The van der Waals surface area contributed by atoms with E-state index >= 15 is 0 Å². The number of methoxy groups -OCH3 is 1. The summed E-state index contributed by atoms with van der Waals surface area (Å²) in [5.74, 6) is 0.862. The summed E-state index contributed by atoms with van der Waals surface area (Å²) in [5, 5.41) is 10.7. The van der Waals surface area contributed by atoms with Crippen molar-refractivity contribution in [3.8, 4) is 5.75 Å². The molecule has 0 spiro atoms. The van der Waals surface area contributed by atoms with Crippen molar-refractivity contribution in [2.24, 2.45) is 0 Å². The first-order chi connectivity index (χ1) is 12.5. The molecule has 1 fully saturated rings. The molecule has 3 rings (SSSR count). The van der Waals surface area contributed by atoms with E-state index in [4.69, 9.17) is 4.74 Å². The fraction of sp³-hybridized carbons (Fsp3) is 0.368. The van der Waals surface area contributed by atoms with Gasteiger partial charge in [-0.3, -0.25) is 10.1 Å². The number of benzene rings is 2. The number of piperazine rings is 1. The minimum Gasteiger partial charge on any atom is -0.496 e. The summed E-state index contributed by atoms with van der Waals surface area (Å²) in [6, 6.07) is 13.2. The van der Waals surface area contributed by atoms with Crippen LogP contribution in [0.2, 0.25) is 0 Å². The van der Waals surface area contributed by atoms with Gasteiger partial charge >= 0.3 is 0 Å². The molecule has 0 saturated carbocycles. The van der Waals surface area contributed by atoms with Crippen molar-refractivity contribution in [2.45, 2.75) is 13.1 Å². The van der Waals surface area contributed by atoms with Crippen LogP contribution in [0.1, 0.15) is 11.1 Å². The third kappa shape index (κ3) is 4.81. The van der Waals surface area contributed by atoms with Gasteiger partial charge in [0.25, 0.3) is 5.69 Å². The Balaban J connectivity index is 1.49. The maximum Gasteiger partial charge on any atom is 0.269 e. The van der Waals surface area contributed by atoms with Crippen LogP contribution >= 0.6 is 15.9 Å². The van der Waals surface area contributed by atoms with E-state index < -0.39 is 0 Å². The van der Waals surface area contributed by atoms with Crippen LogP contribution in [-0.2, 0) is 13.1 Å². The van der Waals surface area contributed by atoms with E-state index in [0.717, 1.165) is 55.1 Å². The van der Waals surface area contributed by atoms with Crippen molar-refractivity contribution in [1.29, 1.82) is 0 Å². The Bertz CT molecular complexity index is 759. The number of nitro benzene ring substituents is 1. The first-order valence-electron chi connectivity index (χ1n) is 8.78. The maximum absolute atomic E-state index is 10.7. The number of nitrogens with zero attached hydrogens (tertiary/aromatic N) is 1. The molecule has 26 heavy (non-hydrogen) atoms. The third-order valence-electron chi connectivity index (χ3n) is 4.94. The van der Waals surface area contributed by atoms with Gasteiger partial charge in [0.15, 0.2) is 0 Å². The lowest BCUT2D eigenvalue weighted by molar-refractivity contribution is -1.02. The number of nitrogens with one attached hydrogen (secondary N) is 2. The van der Waals surface area contributed by atoms with Crippen molar-refractivity contribution in [3.63, 3.8) is 0 Å². The van der Waals surface area contributed by atoms with E-state index in [2.05, 4.69) is 28.1 Å². The molecule has 6 nitrogen and oxygen atoms in total. The van der Waals surface area contributed by atoms with Crippen molar-refractivity contribution < 1.29 is 19.5 Å². The van der Waals surface area contributed by atoms with Gasteiger partial charge in [0.1, 0.15) is 45.0 Å². The van der Waals surface area contributed by atoms with E-state index in [9.17, 15) is 10.1 Å². The Morgan fingerprint density at radius 1 is 1.00 bits per heavy atom. The van der Waals surface area contributed by atoms with Crippen molar-refractivity contribution in [1.82, 2.24) is 0 Å². The Kier molecular flexibility index (Phi) is 6.24. The third-order valence-corrected chi connectivity index (χ3v) is 5.56. The monoisotopic (exact) mass is 421 g/mol. The highest BCUT2D eigenvalue weighted by molar-refractivity contribution is 9.10. The molecule has 0 radical (unpaired) electrons. The summed E-state index contributed by atoms with van der Waals surface area (Å²) >= 11 is 3.55. The fourth-order valence-corrected chi connectivity index (χ4v) is 4.03. The lowest BCUT2D eigenvalue weighted by atomic mass is 10.1. The normalized spacial score (nSPS) is 19.9. The van der Waals surface area contributed by atoms with E-state index in [1.54, 1.807) is 29.0 Å². The van der Waals surface area contributed by atoms with Crippen LogP contribution in [0.25, 0.3) is 0 Å². The molecule has 2 aromatic rings. The number of non-ortho nitro benzene ring substituents is 1. The first-order valence-corrected chi connectivity index (χ1v) is 9.57. The summed E-state index contributed by atoms with van der Waals surface area (Å²) in [4.78, 5) is 13.5. The lowest BCUT2D eigenvalue weighted by Crippen LogP contribution is -3.27. The number of halogens is 1. The second-order valence-corrected chi connectivity index (χ2v) is 7.60. The number of nitro groups is 1. The molecule has 0 bridgehead atoms. The number of hydrogen-bond acceptors (Lipinski definition) is 3. The number of quaternary nitrogens is 2. The molecule has 2 N–H and O–H groups in total. The van der Waals surface area contributed by atoms with Crippen molar-refractivity contribution in [2.75, 3.05) is 33.3 Å². The van der Waals surface area contributed by atoms with Crippen LogP contribution in [0.15, 0.2) is 46.9 Å². The number of ether oxygens (including phenoxy) is 1. The summed E-state index contributed by atoms with van der Waals surface area (Å²) in [6.07, 6.45) is 0. The highest BCUT2D eigenvalue weighted by atomic mass is 79.9. The zero-order valence-electron chi connectivity index (χ0n) is 14.8. The predicted molar refractivity (Wildman–Crippen MR) is 103 cm³/mol. The molecule has 1 saturated heterocycles. The SMILES string of the molecule is COc1ccc(C[NH+]2CC[NH+](Cc3ccc([N+](=O)[O-])cc3)CC2)cc1Br. The van der Waals surface area contributed by atoms with E-state index in [1.165, 1.54) is 5.56 Å².